The van der Waals surface area contributed by atoms with Crippen molar-refractivity contribution in [2.24, 2.45) is 5.73 Å². The Bertz CT molecular complexity index is 630. The van der Waals surface area contributed by atoms with Crippen molar-refractivity contribution >= 4 is 11.6 Å². The van der Waals surface area contributed by atoms with E-state index >= 15 is 0 Å². The molecule has 0 unspecified atom stereocenters. The lowest BCUT2D eigenvalue weighted by molar-refractivity contribution is -0.122. The summed E-state index contributed by atoms with van der Waals surface area (Å²) < 4.78 is 0. The molecule has 0 aromatic heterocycles. The van der Waals surface area contributed by atoms with Crippen molar-refractivity contribution in [3.8, 4) is 6.07 Å². The van der Waals surface area contributed by atoms with E-state index in [1.807, 2.05) is 0 Å². The van der Waals surface area contributed by atoms with Crippen molar-refractivity contribution in [2.75, 3.05) is 44.2 Å². The second-order valence-electron chi connectivity index (χ2n) is 6.99. The van der Waals surface area contributed by atoms with Gasteiger partial charge in [-0.3, -0.25) is 14.6 Å². The van der Waals surface area contributed by atoms with Gasteiger partial charge < -0.3 is 10.6 Å². The highest BCUT2D eigenvalue weighted by Gasteiger charge is 2.32. The molecule has 6 nitrogen and oxygen atoms in total. The van der Waals surface area contributed by atoms with Gasteiger partial charge in [0.05, 0.1) is 18.7 Å². The third-order valence-electron chi connectivity index (χ3n) is 5.53. The molecular formula is C19H27N5O. The van der Waals surface area contributed by atoms with Crippen molar-refractivity contribution in [3.63, 3.8) is 0 Å². The van der Waals surface area contributed by atoms with Gasteiger partial charge >= 0.3 is 0 Å². The Morgan fingerprint density at radius 2 is 1.92 bits per heavy atom. The topological polar surface area (TPSA) is 76.6 Å². The summed E-state index contributed by atoms with van der Waals surface area (Å²) in [6.07, 6.45) is 1.90. The van der Waals surface area contributed by atoms with Crippen LogP contribution in [0.2, 0.25) is 0 Å². The number of rotatable bonds is 5. The predicted molar refractivity (Wildman–Crippen MR) is 98.0 cm³/mol. The van der Waals surface area contributed by atoms with Gasteiger partial charge in [-0.2, -0.15) is 5.26 Å². The molecular weight excluding hydrogens is 314 g/mol. The van der Waals surface area contributed by atoms with E-state index in [4.69, 9.17) is 11.0 Å². The minimum absolute atomic E-state index is 0.136. The van der Waals surface area contributed by atoms with Gasteiger partial charge in [-0.15, -0.1) is 0 Å². The molecule has 2 heterocycles. The number of nitrogens with zero attached hydrogens (tertiary/aromatic N) is 4. The Morgan fingerprint density at radius 1 is 1.24 bits per heavy atom. The Labute approximate surface area is 149 Å². The summed E-state index contributed by atoms with van der Waals surface area (Å²) in [5.74, 6) is -0.212. The molecule has 25 heavy (non-hydrogen) atoms. The van der Waals surface area contributed by atoms with Gasteiger partial charge in [0, 0.05) is 37.9 Å². The Balaban J connectivity index is 1.63. The summed E-state index contributed by atoms with van der Waals surface area (Å²) in [7, 11) is 0. The van der Waals surface area contributed by atoms with Crippen LogP contribution in [0.4, 0.5) is 5.69 Å². The smallest absolute Gasteiger partial charge is 0.234 e. The maximum atomic E-state index is 11.6. The zero-order chi connectivity index (χ0) is 17.8. The highest BCUT2D eigenvalue weighted by Crippen LogP contribution is 2.30. The van der Waals surface area contributed by atoms with E-state index in [0.717, 1.165) is 45.6 Å². The van der Waals surface area contributed by atoms with E-state index in [0.29, 0.717) is 6.54 Å². The Hall–Kier alpha value is -2.10. The molecule has 1 aromatic rings. The van der Waals surface area contributed by atoms with Crippen molar-refractivity contribution in [2.45, 2.75) is 31.8 Å². The number of nitriles is 1. The predicted octanol–water partition coefficient (Wildman–Crippen LogP) is 1.34. The molecule has 3 rings (SSSR count). The van der Waals surface area contributed by atoms with E-state index in [1.165, 1.54) is 11.3 Å². The molecule has 134 valence electrons. The number of primary amides is 1. The van der Waals surface area contributed by atoms with Gasteiger partial charge in [-0.25, -0.2) is 0 Å². The van der Waals surface area contributed by atoms with Gasteiger partial charge in [-0.05, 0) is 44.0 Å². The van der Waals surface area contributed by atoms with E-state index in [9.17, 15) is 4.79 Å². The number of piperazine rings is 1. The summed E-state index contributed by atoms with van der Waals surface area (Å²) in [5.41, 5.74) is 7.99. The monoisotopic (exact) mass is 341 g/mol. The Morgan fingerprint density at radius 3 is 2.52 bits per heavy atom. The number of likely N-dealkylation sites (tertiary alicyclic amines) is 1. The van der Waals surface area contributed by atoms with E-state index in [1.54, 1.807) is 0 Å². The molecule has 0 bridgehead atoms. The molecule has 2 atom stereocenters. The molecule has 0 spiro atoms. The van der Waals surface area contributed by atoms with Crippen molar-refractivity contribution in [3.05, 3.63) is 29.8 Å². The van der Waals surface area contributed by atoms with Crippen LogP contribution in [0.3, 0.4) is 0 Å². The summed E-state index contributed by atoms with van der Waals surface area (Å²) in [5, 5.41) is 8.79. The second-order valence-corrected chi connectivity index (χ2v) is 6.99. The van der Waals surface area contributed by atoms with Crippen LogP contribution in [0.5, 0.6) is 0 Å². The molecule has 2 saturated heterocycles. The van der Waals surface area contributed by atoms with Gasteiger partial charge in [0.25, 0.3) is 0 Å². The fourth-order valence-electron chi connectivity index (χ4n) is 3.98. The van der Waals surface area contributed by atoms with Crippen LogP contribution >= 0.6 is 0 Å². The average Bonchev–Trinajstić information content (AvgIpc) is 3.12. The summed E-state index contributed by atoms with van der Waals surface area (Å²) in [6, 6.07) is 10.9. The van der Waals surface area contributed by atoms with Crippen LogP contribution < -0.4 is 10.6 Å². The van der Waals surface area contributed by atoms with Crippen LogP contribution in [0.15, 0.2) is 24.3 Å². The first-order valence-corrected chi connectivity index (χ1v) is 9.09. The zero-order valence-corrected chi connectivity index (χ0v) is 14.9. The molecule has 0 radical (unpaired) electrons. The number of carbonyl (C=O) groups is 1. The molecule has 0 saturated carbocycles. The zero-order valence-electron chi connectivity index (χ0n) is 14.9. The minimum Gasteiger partial charge on any atom is -0.369 e. The molecule has 0 aliphatic carbocycles. The normalized spacial score (nSPS) is 23.4. The van der Waals surface area contributed by atoms with Gasteiger partial charge in [0.15, 0.2) is 0 Å². The molecule has 1 aromatic carbocycles. The van der Waals surface area contributed by atoms with Crippen molar-refractivity contribution < 1.29 is 4.79 Å². The van der Waals surface area contributed by atoms with Gasteiger partial charge in [-0.1, -0.05) is 12.1 Å². The largest absolute Gasteiger partial charge is 0.369 e. The van der Waals surface area contributed by atoms with Crippen LogP contribution in [0.25, 0.3) is 0 Å². The van der Waals surface area contributed by atoms with Crippen molar-refractivity contribution in [1.29, 1.82) is 5.26 Å². The maximum Gasteiger partial charge on any atom is 0.234 e. The third-order valence-corrected chi connectivity index (χ3v) is 5.53. The van der Waals surface area contributed by atoms with Crippen LogP contribution in [0.1, 0.15) is 31.4 Å². The van der Waals surface area contributed by atoms with Crippen molar-refractivity contribution in [1.82, 2.24) is 9.80 Å². The van der Waals surface area contributed by atoms with E-state index in [-0.39, 0.29) is 18.0 Å². The lowest BCUT2D eigenvalue weighted by Crippen LogP contribution is -2.46. The highest BCUT2D eigenvalue weighted by atomic mass is 16.1. The quantitative estimate of drug-likeness (QED) is 0.818. The lowest BCUT2D eigenvalue weighted by atomic mass is 10.0. The van der Waals surface area contributed by atoms with Crippen LogP contribution in [0, 0.1) is 11.3 Å². The number of amides is 1. The number of anilines is 1. The number of hydrogen-bond acceptors (Lipinski definition) is 5. The molecule has 1 amide bonds. The first kappa shape index (κ1) is 17.7. The molecule has 2 aliphatic heterocycles. The summed E-state index contributed by atoms with van der Waals surface area (Å²) in [6.45, 7) is 7.36. The molecule has 6 heteroatoms. The van der Waals surface area contributed by atoms with E-state index < -0.39 is 0 Å². The number of carbonyl (C=O) groups excluding carboxylic acids is 1. The highest BCUT2D eigenvalue weighted by molar-refractivity contribution is 5.80. The third kappa shape index (κ3) is 3.94. The minimum atomic E-state index is -0.212. The lowest BCUT2D eigenvalue weighted by Gasteiger charge is -2.35. The fourth-order valence-corrected chi connectivity index (χ4v) is 3.98. The summed E-state index contributed by atoms with van der Waals surface area (Å²) >= 11 is 0. The van der Waals surface area contributed by atoms with E-state index in [2.05, 4.69) is 52.0 Å². The van der Waals surface area contributed by atoms with Crippen LogP contribution in [-0.2, 0) is 4.79 Å². The number of nitrogens with two attached hydrogens (primary N) is 1. The molecule has 2 N–H and O–H groups in total. The maximum absolute atomic E-state index is 11.6. The summed E-state index contributed by atoms with van der Waals surface area (Å²) in [4.78, 5) is 18.4. The standard InChI is InChI=1S/C19H27N5O/c1-15(24-9-2-3-18(24)19(21)25)16-4-6-17(7-5-16)23-13-11-22(10-8-20)12-14-23/h4-7,15,18H,2-3,9-14H2,1H3,(H2,21,25)/t15-,18-/m0/s1. The fraction of sp³-hybridized carbons (Fsp3) is 0.579. The first-order valence-electron chi connectivity index (χ1n) is 9.09. The Kier molecular flexibility index (Phi) is 5.57. The van der Waals surface area contributed by atoms with Gasteiger partial charge in [0.2, 0.25) is 5.91 Å². The molecule has 2 aliphatic rings. The second kappa shape index (κ2) is 7.85. The SMILES string of the molecule is C[C@@H](c1ccc(N2CCN(CC#N)CC2)cc1)N1CCC[C@H]1C(N)=O. The average molecular weight is 341 g/mol. The number of hydrogen-bond donors (Lipinski definition) is 1. The van der Waals surface area contributed by atoms with Gasteiger partial charge in [0.1, 0.15) is 0 Å². The first-order chi connectivity index (χ1) is 12.1. The molecule has 2 fully saturated rings. The van der Waals surface area contributed by atoms with Crippen LogP contribution in [-0.4, -0.2) is 61.0 Å². The number of benzene rings is 1.